The van der Waals surface area contributed by atoms with Gasteiger partial charge in [-0.2, -0.15) is 5.26 Å². The van der Waals surface area contributed by atoms with Crippen LogP contribution < -0.4 is 0 Å². The van der Waals surface area contributed by atoms with E-state index in [1.54, 1.807) is 0 Å². The van der Waals surface area contributed by atoms with E-state index in [-0.39, 0.29) is 23.3 Å². The Labute approximate surface area is 174 Å². The minimum absolute atomic E-state index is 0.0193. The number of ether oxygens (including phenoxy) is 1. The number of para-hydroxylation sites is 1. The molecule has 1 fully saturated rings. The molecule has 0 radical (unpaired) electrons. The molecule has 1 aromatic heterocycles. The lowest BCUT2D eigenvalue weighted by molar-refractivity contribution is -0.137. The molecule has 1 saturated heterocycles. The fourth-order valence-corrected chi connectivity index (χ4v) is 4.77. The molecule has 2 aromatic rings. The predicted molar refractivity (Wildman–Crippen MR) is 114 cm³/mol. The second-order valence-electron chi connectivity index (χ2n) is 6.72. The van der Waals surface area contributed by atoms with Crippen LogP contribution in [0.25, 0.3) is 10.9 Å². The van der Waals surface area contributed by atoms with E-state index >= 15 is 0 Å². The topological polar surface area (TPSA) is 86.2 Å². The van der Waals surface area contributed by atoms with Gasteiger partial charge in [0.25, 0.3) is 0 Å². The van der Waals surface area contributed by atoms with E-state index in [4.69, 9.17) is 4.74 Å². The monoisotopic (exact) mass is 409 g/mol. The summed E-state index contributed by atoms with van der Waals surface area (Å²) in [6.45, 7) is 7.80. The van der Waals surface area contributed by atoms with E-state index in [0.717, 1.165) is 22.9 Å². The number of amides is 1. The van der Waals surface area contributed by atoms with Crippen molar-refractivity contribution >= 4 is 34.5 Å². The number of esters is 1. The summed E-state index contributed by atoms with van der Waals surface area (Å²) >= 11 is 1.27. The lowest BCUT2D eigenvalue weighted by Gasteiger charge is -2.15. The molecule has 3 rings (SSSR count). The van der Waals surface area contributed by atoms with E-state index in [1.807, 2.05) is 25.3 Å². The van der Waals surface area contributed by atoms with Crippen molar-refractivity contribution in [2.45, 2.75) is 31.9 Å². The van der Waals surface area contributed by atoms with Gasteiger partial charge in [0.2, 0.25) is 5.91 Å². The van der Waals surface area contributed by atoms with Crippen LogP contribution in [0.1, 0.15) is 24.5 Å². The van der Waals surface area contributed by atoms with Gasteiger partial charge in [-0.25, -0.2) is 4.79 Å². The Hall–Kier alpha value is -2.98. The van der Waals surface area contributed by atoms with Gasteiger partial charge in [0.15, 0.2) is 5.57 Å². The second-order valence-corrected chi connectivity index (χ2v) is 7.91. The number of fused-ring (bicyclic) bond motifs is 1. The third-order valence-electron chi connectivity index (χ3n) is 4.90. The maximum atomic E-state index is 12.9. The van der Waals surface area contributed by atoms with Gasteiger partial charge in [-0.1, -0.05) is 42.6 Å². The van der Waals surface area contributed by atoms with Crippen molar-refractivity contribution in [3.63, 3.8) is 0 Å². The summed E-state index contributed by atoms with van der Waals surface area (Å²) in [5.41, 5.74) is 3.32. The number of nitrogens with zero attached hydrogens (tertiary/aromatic N) is 2. The first kappa shape index (κ1) is 20.7. The van der Waals surface area contributed by atoms with Crippen LogP contribution in [0.5, 0.6) is 0 Å². The molecule has 0 saturated carbocycles. The van der Waals surface area contributed by atoms with Crippen LogP contribution in [0.15, 0.2) is 47.7 Å². The Balaban J connectivity index is 1.80. The number of nitrogens with one attached hydrogen (secondary N) is 1. The number of benzene rings is 1. The normalized spacial score (nSPS) is 18.0. The number of aromatic amines is 1. The Morgan fingerprint density at radius 1 is 1.48 bits per heavy atom. The molecule has 1 amide bonds. The lowest BCUT2D eigenvalue weighted by atomic mass is 10.0. The lowest BCUT2D eigenvalue weighted by Crippen LogP contribution is -2.29. The zero-order chi connectivity index (χ0) is 21.0. The van der Waals surface area contributed by atoms with Crippen molar-refractivity contribution in [3.05, 3.63) is 58.8 Å². The molecular formula is C22H23N3O3S. The van der Waals surface area contributed by atoms with Crippen molar-refractivity contribution < 1.29 is 14.3 Å². The maximum Gasteiger partial charge on any atom is 0.351 e. The SMILES string of the molecule is C=CCOC(=O)/C(C#N)=C1\SC(CCc2c[nH]c3c(C)cccc23)C(=O)N1CC. The third-order valence-corrected chi connectivity index (χ3v) is 6.27. The molecule has 1 aliphatic heterocycles. The Morgan fingerprint density at radius 2 is 2.28 bits per heavy atom. The molecule has 1 aromatic carbocycles. The minimum atomic E-state index is -0.728. The van der Waals surface area contributed by atoms with E-state index in [9.17, 15) is 14.9 Å². The van der Waals surface area contributed by atoms with Crippen LogP contribution in [0, 0.1) is 18.3 Å². The van der Waals surface area contributed by atoms with Gasteiger partial charge in [0, 0.05) is 23.6 Å². The van der Waals surface area contributed by atoms with E-state index < -0.39 is 5.97 Å². The summed E-state index contributed by atoms with van der Waals surface area (Å²) in [5, 5.41) is 10.7. The molecule has 7 heteroatoms. The number of aromatic nitrogens is 1. The van der Waals surface area contributed by atoms with Crippen LogP contribution in [-0.2, 0) is 20.7 Å². The van der Waals surface area contributed by atoms with Crippen LogP contribution in [0.2, 0.25) is 0 Å². The Bertz CT molecular complexity index is 1030. The Morgan fingerprint density at radius 3 is 2.97 bits per heavy atom. The van der Waals surface area contributed by atoms with E-state index in [2.05, 4.69) is 30.6 Å². The number of rotatable bonds is 7. The average Bonchev–Trinajstić information content (AvgIpc) is 3.27. The molecule has 29 heavy (non-hydrogen) atoms. The van der Waals surface area contributed by atoms with Gasteiger partial charge in [-0.05, 0) is 37.8 Å². The summed E-state index contributed by atoms with van der Waals surface area (Å²) < 4.78 is 5.01. The standard InChI is InChI=1S/C22H23N3O3S/c1-4-11-28-22(27)17(12-23)21-25(5-2)20(26)18(29-21)10-9-15-13-24-19-14(3)7-6-8-16(15)19/h4,6-8,13,18,24H,1,5,9-11H2,2-3H3/b21-17-. The third kappa shape index (κ3) is 4.08. The zero-order valence-electron chi connectivity index (χ0n) is 16.5. The van der Waals surface area contributed by atoms with Crippen molar-refractivity contribution in [3.8, 4) is 6.07 Å². The molecule has 1 unspecified atom stereocenters. The molecule has 0 aliphatic carbocycles. The van der Waals surface area contributed by atoms with Crippen LogP contribution in [0.4, 0.5) is 0 Å². The van der Waals surface area contributed by atoms with Crippen molar-refractivity contribution in [1.82, 2.24) is 9.88 Å². The van der Waals surface area contributed by atoms with E-state index in [0.29, 0.717) is 18.0 Å². The van der Waals surface area contributed by atoms with Gasteiger partial charge >= 0.3 is 5.97 Å². The summed E-state index contributed by atoms with van der Waals surface area (Å²) in [4.78, 5) is 29.9. The number of thioether (sulfide) groups is 1. The fraction of sp³-hybridized carbons (Fsp3) is 0.318. The van der Waals surface area contributed by atoms with Gasteiger partial charge in [0.1, 0.15) is 17.7 Å². The summed E-state index contributed by atoms with van der Waals surface area (Å²) in [7, 11) is 0. The second kappa shape index (κ2) is 9.01. The smallest absolute Gasteiger partial charge is 0.351 e. The first-order valence-corrected chi connectivity index (χ1v) is 10.4. The molecule has 6 nitrogen and oxygen atoms in total. The number of carbonyl (C=O) groups is 2. The van der Waals surface area contributed by atoms with Crippen LogP contribution in [0.3, 0.4) is 0 Å². The number of hydrogen-bond donors (Lipinski definition) is 1. The van der Waals surface area contributed by atoms with Gasteiger partial charge in [-0.15, -0.1) is 0 Å². The minimum Gasteiger partial charge on any atom is -0.457 e. The molecule has 2 heterocycles. The quantitative estimate of drug-likeness (QED) is 0.325. The van der Waals surface area contributed by atoms with E-state index in [1.165, 1.54) is 28.3 Å². The Kier molecular flexibility index (Phi) is 6.45. The molecule has 1 N–H and O–H groups in total. The first-order chi connectivity index (χ1) is 14.0. The summed E-state index contributed by atoms with van der Waals surface area (Å²) in [6, 6.07) is 8.07. The number of hydrogen-bond acceptors (Lipinski definition) is 5. The molecule has 1 atom stereocenters. The molecule has 1 aliphatic rings. The van der Waals surface area contributed by atoms with Crippen LogP contribution in [-0.4, -0.2) is 40.2 Å². The van der Waals surface area contributed by atoms with Crippen molar-refractivity contribution in [2.24, 2.45) is 0 Å². The van der Waals surface area contributed by atoms with Gasteiger partial charge < -0.3 is 14.6 Å². The highest BCUT2D eigenvalue weighted by molar-refractivity contribution is 8.04. The average molecular weight is 410 g/mol. The fourth-order valence-electron chi connectivity index (χ4n) is 3.44. The summed E-state index contributed by atoms with van der Waals surface area (Å²) in [5.74, 6) is -0.804. The first-order valence-electron chi connectivity index (χ1n) is 9.47. The predicted octanol–water partition coefficient (Wildman–Crippen LogP) is 3.84. The zero-order valence-corrected chi connectivity index (χ0v) is 17.3. The van der Waals surface area contributed by atoms with Gasteiger partial charge in [-0.3, -0.25) is 4.79 Å². The number of H-pyrrole nitrogens is 1. The number of aryl methyl sites for hydroxylation is 2. The van der Waals surface area contributed by atoms with Crippen LogP contribution >= 0.6 is 11.8 Å². The van der Waals surface area contributed by atoms with Gasteiger partial charge in [0.05, 0.1) is 5.25 Å². The maximum absolute atomic E-state index is 12.9. The number of carbonyl (C=O) groups excluding carboxylic acids is 2. The molecule has 0 bridgehead atoms. The summed E-state index contributed by atoms with van der Waals surface area (Å²) in [6.07, 6.45) is 4.77. The highest BCUT2D eigenvalue weighted by Gasteiger charge is 2.39. The van der Waals surface area contributed by atoms with Crippen molar-refractivity contribution in [2.75, 3.05) is 13.2 Å². The highest BCUT2D eigenvalue weighted by atomic mass is 32.2. The van der Waals surface area contributed by atoms with Crippen molar-refractivity contribution in [1.29, 1.82) is 5.26 Å². The molecule has 150 valence electrons. The molecular weight excluding hydrogens is 386 g/mol. The molecule has 0 spiro atoms. The largest absolute Gasteiger partial charge is 0.457 e. The highest BCUT2D eigenvalue weighted by Crippen LogP contribution is 2.39. The number of nitriles is 1.